The Kier molecular flexibility index (Phi) is 4.98. The molecule has 0 saturated carbocycles. The second-order valence-corrected chi connectivity index (χ2v) is 5.58. The van der Waals surface area contributed by atoms with Crippen LogP contribution >= 0.6 is 0 Å². The minimum atomic E-state index is -0.150. The summed E-state index contributed by atoms with van der Waals surface area (Å²) in [7, 11) is 3.99. The molecule has 0 aliphatic heterocycles. The van der Waals surface area contributed by atoms with Gasteiger partial charge in [0.1, 0.15) is 0 Å². The molecule has 0 N–H and O–H groups in total. The summed E-state index contributed by atoms with van der Waals surface area (Å²) in [5.41, 5.74) is 1.33. The van der Waals surface area contributed by atoms with E-state index in [2.05, 4.69) is 4.90 Å². The van der Waals surface area contributed by atoms with E-state index in [0.717, 1.165) is 13.0 Å². The monoisotopic (exact) mass is 303 g/mol. The van der Waals surface area contributed by atoms with Crippen LogP contribution in [-0.4, -0.2) is 43.7 Å². The highest BCUT2D eigenvalue weighted by Gasteiger charge is 2.20. The summed E-state index contributed by atoms with van der Waals surface area (Å²) in [5.74, 6) is 0.174. The van der Waals surface area contributed by atoms with Gasteiger partial charge in [-0.3, -0.25) is 9.59 Å². The predicted molar refractivity (Wildman–Crippen MR) is 84.9 cm³/mol. The predicted octanol–water partition coefficient (Wildman–Crippen LogP) is 3.17. The SMILES string of the molecule is CC(=O)c1cc(C(C)=O)c2ccoc2c1OCCCN(C)C. The number of rotatable bonds is 7. The Morgan fingerprint density at radius 3 is 2.45 bits per heavy atom. The lowest BCUT2D eigenvalue weighted by molar-refractivity contribution is 0.101. The van der Waals surface area contributed by atoms with Crippen molar-refractivity contribution in [2.24, 2.45) is 0 Å². The van der Waals surface area contributed by atoms with E-state index in [9.17, 15) is 9.59 Å². The number of furan rings is 1. The van der Waals surface area contributed by atoms with Crippen molar-refractivity contribution in [2.45, 2.75) is 20.3 Å². The van der Waals surface area contributed by atoms with E-state index in [1.807, 2.05) is 14.1 Å². The molecule has 5 heteroatoms. The van der Waals surface area contributed by atoms with Gasteiger partial charge in [0, 0.05) is 17.5 Å². The van der Waals surface area contributed by atoms with Crippen molar-refractivity contribution >= 4 is 22.5 Å². The molecule has 0 radical (unpaired) electrons. The summed E-state index contributed by atoms with van der Waals surface area (Å²) in [6.07, 6.45) is 2.34. The van der Waals surface area contributed by atoms with Gasteiger partial charge in [0.05, 0.1) is 18.4 Å². The number of fused-ring (bicyclic) bond motifs is 1. The molecule has 2 aromatic rings. The second-order valence-electron chi connectivity index (χ2n) is 5.58. The van der Waals surface area contributed by atoms with Crippen LogP contribution in [0.3, 0.4) is 0 Å². The molecule has 1 heterocycles. The number of hydrogen-bond donors (Lipinski definition) is 0. The topological polar surface area (TPSA) is 59.8 Å². The third kappa shape index (κ3) is 3.36. The van der Waals surface area contributed by atoms with Crippen molar-refractivity contribution in [1.29, 1.82) is 0 Å². The molecule has 0 aliphatic rings. The maximum absolute atomic E-state index is 11.9. The first kappa shape index (κ1) is 16.2. The molecule has 1 aromatic carbocycles. The summed E-state index contributed by atoms with van der Waals surface area (Å²) >= 11 is 0. The molecule has 0 unspecified atom stereocenters. The zero-order chi connectivity index (χ0) is 16.3. The van der Waals surface area contributed by atoms with E-state index in [0.29, 0.717) is 34.5 Å². The number of benzene rings is 1. The zero-order valence-corrected chi connectivity index (χ0v) is 13.4. The standard InChI is InChI=1S/C17H21NO4/c1-11(19)14-10-15(12(2)20)17(16-13(14)6-9-22-16)21-8-5-7-18(3)4/h6,9-10H,5,7-8H2,1-4H3. The molecular weight excluding hydrogens is 282 g/mol. The average molecular weight is 303 g/mol. The van der Waals surface area contributed by atoms with Crippen LogP contribution in [0.1, 0.15) is 41.0 Å². The van der Waals surface area contributed by atoms with Crippen LogP contribution in [0.25, 0.3) is 11.0 Å². The first-order valence-electron chi connectivity index (χ1n) is 7.25. The summed E-state index contributed by atoms with van der Waals surface area (Å²) in [6, 6.07) is 3.33. The van der Waals surface area contributed by atoms with Gasteiger partial charge in [-0.25, -0.2) is 0 Å². The van der Waals surface area contributed by atoms with Crippen LogP contribution in [0, 0.1) is 0 Å². The molecular formula is C17H21NO4. The van der Waals surface area contributed by atoms with Gasteiger partial charge in [-0.15, -0.1) is 0 Å². The van der Waals surface area contributed by atoms with Gasteiger partial charge in [-0.2, -0.15) is 0 Å². The Balaban J connectivity index is 2.41. The van der Waals surface area contributed by atoms with Gasteiger partial charge in [-0.05, 0) is 46.5 Å². The highest BCUT2D eigenvalue weighted by atomic mass is 16.5. The van der Waals surface area contributed by atoms with Crippen molar-refractivity contribution in [1.82, 2.24) is 4.90 Å². The number of ketones is 2. The van der Waals surface area contributed by atoms with Crippen molar-refractivity contribution in [3.8, 4) is 5.75 Å². The van der Waals surface area contributed by atoms with Crippen molar-refractivity contribution in [3.05, 3.63) is 29.5 Å². The Morgan fingerprint density at radius 1 is 1.18 bits per heavy atom. The number of carbonyl (C=O) groups is 2. The molecule has 118 valence electrons. The van der Waals surface area contributed by atoms with Crippen molar-refractivity contribution in [2.75, 3.05) is 27.2 Å². The minimum absolute atomic E-state index is 0.104. The fourth-order valence-corrected chi connectivity index (χ4v) is 2.36. The summed E-state index contributed by atoms with van der Waals surface area (Å²) in [5, 5.41) is 0.681. The van der Waals surface area contributed by atoms with Crippen molar-refractivity contribution in [3.63, 3.8) is 0 Å². The average Bonchev–Trinajstić information content (AvgIpc) is 2.91. The lowest BCUT2D eigenvalue weighted by Crippen LogP contribution is -2.16. The van der Waals surface area contributed by atoms with Crippen LogP contribution < -0.4 is 4.74 Å². The highest BCUT2D eigenvalue weighted by Crippen LogP contribution is 2.34. The van der Waals surface area contributed by atoms with Crippen LogP contribution in [0.4, 0.5) is 0 Å². The van der Waals surface area contributed by atoms with Gasteiger partial charge < -0.3 is 14.1 Å². The second kappa shape index (κ2) is 6.75. The summed E-state index contributed by atoms with van der Waals surface area (Å²) < 4.78 is 11.3. The summed E-state index contributed by atoms with van der Waals surface area (Å²) in [4.78, 5) is 25.8. The normalized spacial score (nSPS) is 11.1. The number of Topliss-reactive ketones (excluding diaryl/α,β-unsaturated/α-hetero) is 2. The van der Waals surface area contributed by atoms with Gasteiger partial charge in [0.25, 0.3) is 0 Å². The van der Waals surface area contributed by atoms with Crippen LogP contribution in [0.15, 0.2) is 22.8 Å². The zero-order valence-electron chi connectivity index (χ0n) is 13.4. The largest absolute Gasteiger partial charge is 0.489 e. The lowest BCUT2D eigenvalue weighted by atomic mass is 10.0. The van der Waals surface area contributed by atoms with Crippen molar-refractivity contribution < 1.29 is 18.7 Å². The maximum Gasteiger partial charge on any atom is 0.177 e. The first-order chi connectivity index (χ1) is 10.4. The molecule has 0 saturated heterocycles. The number of hydrogen-bond acceptors (Lipinski definition) is 5. The molecule has 0 spiro atoms. The van der Waals surface area contributed by atoms with E-state index in [1.165, 1.54) is 20.1 Å². The van der Waals surface area contributed by atoms with E-state index in [1.54, 1.807) is 12.1 Å². The fourth-order valence-electron chi connectivity index (χ4n) is 2.36. The molecule has 0 aliphatic carbocycles. The molecule has 0 fully saturated rings. The van der Waals surface area contributed by atoms with Crippen LogP contribution in [0.5, 0.6) is 5.75 Å². The molecule has 0 amide bonds. The molecule has 1 aromatic heterocycles. The molecule has 0 bridgehead atoms. The fraction of sp³-hybridized carbons (Fsp3) is 0.412. The smallest absolute Gasteiger partial charge is 0.177 e. The van der Waals surface area contributed by atoms with Gasteiger partial charge in [-0.1, -0.05) is 0 Å². The molecule has 0 atom stereocenters. The van der Waals surface area contributed by atoms with Gasteiger partial charge in [0.15, 0.2) is 22.9 Å². The lowest BCUT2D eigenvalue weighted by Gasteiger charge is -2.13. The third-order valence-electron chi connectivity index (χ3n) is 3.45. The Labute approximate surface area is 129 Å². The summed E-state index contributed by atoms with van der Waals surface area (Å²) in [6.45, 7) is 4.31. The molecule has 2 rings (SSSR count). The van der Waals surface area contributed by atoms with Gasteiger partial charge in [0.2, 0.25) is 0 Å². The Bertz CT molecular complexity index is 700. The highest BCUT2D eigenvalue weighted by molar-refractivity contribution is 6.12. The number of carbonyl (C=O) groups excluding carboxylic acids is 2. The maximum atomic E-state index is 11.9. The van der Waals surface area contributed by atoms with E-state index in [4.69, 9.17) is 9.15 Å². The van der Waals surface area contributed by atoms with E-state index < -0.39 is 0 Å². The molecule has 5 nitrogen and oxygen atoms in total. The number of nitrogens with zero attached hydrogens (tertiary/aromatic N) is 1. The van der Waals surface area contributed by atoms with Gasteiger partial charge >= 0.3 is 0 Å². The Hall–Kier alpha value is -2.14. The quantitative estimate of drug-likeness (QED) is 0.581. The van der Waals surface area contributed by atoms with E-state index in [-0.39, 0.29) is 11.6 Å². The number of ether oxygens (including phenoxy) is 1. The van der Waals surface area contributed by atoms with Crippen LogP contribution in [0.2, 0.25) is 0 Å². The first-order valence-corrected chi connectivity index (χ1v) is 7.25. The van der Waals surface area contributed by atoms with E-state index >= 15 is 0 Å². The Morgan fingerprint density at radius 2 is 1.86 bits per heavy atom. The van der Waals surface area contributed by atoms with Crippen LogP contribution in [-0.2, 0) is 0 Å². The molecule has 22 heavy (non-hydrogen) atoms. The third-order valence-corrected chi connectivity index (χ3v) is 3.45. The minimum Gasteiger partial charge on any atom is -0.489 e.